The van der Waals surface area contributed by atoms with Gasteiger partial charge in [0.25, 0.3) is 0 Å². The summed E-state index contributed by atoms with van der Waals surface area (Å²) in [6, 6.07) is 13.8. The molecule has 246 valence electrons. The number of nitrogens with one attached hydrogen (secondary N) is 3. The Morgan fingerprint density at radius 3 is 2.64 bits per heavy atom. The lowest BCUT2D eigenvalue weighted by atomic mass is 10.0. The smallest absolute Gasteiger partial charge is 0.244 e. The topological polar surface area (TPSA) is 132 Å². The van der Waals surface area contributed by atoms with Crippen LogP contribution in [0.3, 0.4) is 0 Å². The third-order valence-corrected chi connectivity index (χ3v) is 8.41. The van der Waals surface area contributed by atoms with Gasteiger partial charge in [-0.25, -0.2) is 9.97 Å². The Kier molecular flexibility index (Phi) is 10.1. The number of hydrogen-bond acceptors (Lipinski definition) is 9. The number of benzene rings is 1. The fraction of sp³-hybridized carbons (Fsp3) is 0.400. The standard InChI is InChI=1S/C35H43N9O3/c1-24(21-42(2)3)17-32(45)40-27-5-4-12-44(22-27)29-10-11-36-28(18-29)19-33(46)39-26-8-6-25(7-9-26)31-20-30-34(41-31)37-23-38-35(30)43-13-15-47-16-14-43/h6-11,17-18,20,23,27H,4-5,12-16,19,21-22H2,1-3H3,(H,39,46)(H,40,45)(H,37,38,41)/b24-17+. The number of amides is 2. The Morgan fingerprint density at radius 1 is 1.04 bits per heavy atom. The maximum Gasteiger partial charge on any atom is 0.244 e. The Labute approximate surface area is 275 Å². The second-order valence-electron chi connectivity index (χ2n) is 12.6. The van der Waals surface area contributed by atoms with Gasteiger partial charge in [0.15, 0.2) is 0 Å². The first kappa shape index (κ1) is 32.1. The minimum absolute atomic E-state index is 0.0510. The predicted octanol–water partition coefficient (Wildman–Crippen LogP) is 3.63. The van der Waals surface area contributed by atoms with Crippen LogP contribution >= 0.6 is 0 Å². The van der Waals surface area contributed by atoms with Crippen molar-refractivity contribution in [1.29, 1.82) is 0 Å². The van der Waals surface area contributed by atoms with Gasteiger partial charge in [0.1, 0.15) is 17.8 Å². The molecule has 1 aromatic carbocycles. The van der Waals surface area contributed by atoms with Crippen LogP contribution < -0.4 is 20.4 Å². The van der Waals surface area contributed by atoms with E-state index in [1.807, 2.05) is 62.3 Å². The monoisotopic (exact) mass is 637 g/mol. The molecule has 5 heterocycles. The van der Waals surface area contributed by atoms with Gasteiger partial charge in [-0.2, -0.15) is 0 Å². The number of carbonyl (C=O) groups excluding carboxylic acids is 2. The largest absolute Gasteiger partial charge is 0.378 e. The number of pyridine rings is 1. The molecule has 2 amide bonds. The van der Waals surface area contributed by atoms with Crippen LogP contribution in [0.25, 0.3) is 22.3 Å². The number of hydrogen-bond donors (Lipinski definition) is 3. The van der Waals surface area contributed by atoms with Crippen molar-refractivity contribution in [1.82, 2.24) is 30.2 Å². The number of carbonyl (C=O) groups is 2. The van der Waals surface area contributed by atoms with Gasteiger partial charge in [-0.1, -0.05) is 17.7 Å². The molecule has 1 unspecified atom stereocenters. The van der Waals surface area contributed by atoms with Gasteiger partial charge < -0.3 is 35.1 Å². The van der Waals surface area contributed by atoms with Gasteiger partial charge in [0.2, 0.25) is 11.8 Å². The highest BCUT2D eigenvalue weighted by Crippen LogP contribution is 2.30. The van der Waals surface area contributed by atoms with Gasteiger partial charge >= 0.3 is 0 Å². The van der Waals surface area contributed by atoms with Gasteiger partial charge in [0, 0.05) is 68.1 Å². The van der Waals surface area contributed by atoms with E-state index < -0.39 is 0 Å². The molecule has 1 atom stereocenters. The minimum Gasteiger partial charge on any atom is -0.378 e. The summed E-state index contributed by atoms with van der Waals surface area (Å²) in [5.74, 6) is 0.722. The molecule has 12 nitrogen and oxygen atoms in total. The zero-order valence-electron chi connectivity index (χ0n) is 27.3. The van der Waals surface area contributed by atoms with Crippen molar-refractivity contribution < 1.29 is 14.3 Å². The lowest BCUT2D eigenvalue weighted by Crippen LogP contribution is -2.47. The maximum absolute atomic E-state index is 13.0. The Hall–Kier alpha value is -4.81. The Bertz CT molecular complexity index is 1730. The highest BCUT2D eigenvalue weighted by Gasteiger charge is 2.22. The van der Waals surface area contributed by atoms with E-state index in [9.17, 15) is 9.59 Å². The van der Waals surface area contributed by atoms with Crippen molar-refractivity contribution in [3.63, 3.8) is 0 Å². The molecule has 6 rings (SSSR count). The first-order valence-electron chi connectivity index (χ1n) is 16.2. The van der Waals surface area contributed by atoms with Crippen molar-refractivity contribution in [2.45, 2.75) is 32.2 Å². The summed E-state index contributed by atoms with van der Waals surface area (Å²) in [5, 5.41) is 7.14. The van der Waals surface area contributed by atoms with E-state index in [2.05, 4.69) is 46.4 Å². The van der Waals surface area contributed by atoms with Crippen LogP contribution in [-0.2, 0) is 20.7 Å². The molecular weight excluding hydrogens is 594 g/mol. The number of nitrogens with zero attached hydrogens (tertiary/aromatic N) is 6. The summed E-state index contributed by atoms with van der Waals surface area (Å²) in [6.45, 7) is 7.30. The summed E-state index contributed by atoms with van der Waals surface area (Å²) in [7, 11) is 3.98. The molecular formula is C35H43N9O3. The van der Waals surface area contributed by atoms with Gasteiger partial charge in [0.05, 0.1) is 30.7 Å². The molecule has 2 aliphatic heterocycles. The molecule has 3 N–H and O–H groups in total. The maximum atomic E-state index is 13.0. The van der Waals surface area contributed by atoms with E-state index in [0.29, 0.717) is 31.1 Å². The lowest BCUT2D eigenvalue weighted by Gasteiger charge is -2.34. The molecule has 12 heteroatoms. The van der Waals surface area contributed by atoms with E-state index in [-0.39, 0.29) is 24.3 Å². The fourth-order valence-corrected chi connectivity index (χ4v) is 6.31. The molecule has 2 saturated heterocycles. The van der Waals surface area contributed by atoms with Gasteiger partial charge in [-0.3, -0.25) is 14.6 Å². The first-order valence-corrected chi connectivity index (χ1v) is 16.2. The molecule has 0 aliphatic carbocycles. The molecule has 0 spiro atoms. The SMILES string of the molecule is C/C(=C\C(=O)NC1CCCN(c2ccnc(CC(=O)Nc3ccc(-c4cc5c(N6CCOCC6)ncnc5[nH]4)cc3)c2)C1)CN(C)C. The van der Waals surface area contributed by atoms with Crippen molar-refractivity contribution in [2.75, 3.05) is 75.1 Å². The summed E-state index contributed by atoms with van der Waals surface area (Å²) >= 11 is 0. The van der Waals surface area contributed by atoms with Crippen LogP contribution in [-0.4, -0.2) is 103 Å². The summed E-state index contributed by atoms with van der Waals surface area (Å²) in [4.78, 5) is 49.0. The number of anilines is 3. The van der Waals surface area contributed by atoms with Crippen LogP contribution in [0.15, 0.2) is 66.6 Å². The average Bonchev–Trinajstić information content (AvgIpc) is 3.50. The van der Waals surface area contributed by atoms with E-state index >= 15 is 0 Å². The summed E-state index contributed by atoms with van der Waals surface area (Å²) < 4.78 is 5.50. The third-order valence-electron chi connectivity index (χ3n) is 8.41. The lowest BCUT2D eigenvalue weighted by molar-refractivity contribution is -0.117. The minimum atomic E-state index is -0.137. The van der Waals surface area contributed by atoms with Crippen LogP contribution in [0.2, 0.25) is 0 Å². The number of rotatable bonds is 10. The van der Waals surface area contributed by atoms with Crippen LogP contribution in [0.1, 0.15) is 25.5 Å². The van der Waals surface area contributed by atoms with Crippen LogP contribution in [0.4, 0.5) is 17.2 Å². The van der Waals surface area contributed by atoms with Gasteiger partial charge in [-0.05, 0) is 69.8 Å². The van der Waals surface area contributed by atoms with E-state index in [1.54, 1.807) is 18.6 Å². The number of H-pyrrole nitrogens is 1. The summed E-state index contributed by atoms with van der Waals surface area (Å²) in [5.41, 5.74) is 6.14. The van der Waals surface area contributed by atoms with Crippen molar-refractivity contribution in [3.05, 3.63) is 72.3 Å². The van der Waals surface area contributed by atoms with Crippen molar-refractivity contribution >= 4 is 40.0 Å². The molecule has 47 heavy (non-hydrogen) atoms. The zero-order valence-corrected chi connectivity index (χ0v) is 27.3. The number of fused-ring (bicyclic) bond motifs is 1. The molecule has 3 aromatic heterocycles. The number of likely N-dealkylation sites (N-methyl/N-ethyl adjacent to an activating group) is 1. The van der Waals surface area contributed by atoms with Crippen molar-refractivity contribution in [3.8, 4) is 11.3 Å². The number of aromatic nitrogens is 4. The Balaban J connectivity index is 1.05. The van der Waals surface area contributed by atoms with Crippen LogP contribution in [0, 0.1) is 0 Å². The molecule has 2 aliphatic rings. The number of piperidine rings is 1. The number of ether oxygens (including phenoxy) is 1. The highest BCUT2D eigenvalue weighted by atomic mass is 16.5. The van der Waals surface area contributed by atoms with E-state index in [1.165, 1.54) is 0 Å². The quantitative estimate of drug-likeness (QED) is 0.223. The molecule has 0 bridgehead atoms. The molecule has 2 fully saturated rings. The molecule has 0 saturated carbocycles. The average molecular weight is 638 g/mol. The third kappa shape index (κ3) is 8.32. The first-order chi connectivity index (χ1) is 22.8. The van der Waals surface area contributed by atoms with E-state index in [0.717, 1.165) is 78.4 Å². The molecule has 4 aromatic rings. The number of aromatic amines is 1. The fourth-order valence-electron chi connectivity index (χ4n) is 6.31. The Morgan fingerprint density at radius 2 is 1.85 bits per heavy atom. The molecule has 0 radical (unpaired) electrons. The second-order valence-corrected chi connectivity index (χ2v) is 12.6. The van der Waals surface area contributed by atoms with Crippen molar-refractivity contribution in [2.24, 2.45) is 0 Å². The number of morpholine rings is 1. The zero-order chi connectivity index (χ0) is 32.8. The van der Waals surface area contributed by atoms with Gasteiger partial charge in [-0.15, -0.1) is 0 Å². The normalized spacial score (nSPS) is 17.3. The second kappa shape index (κ2) is 14.7. The highest BCUT2D eigenvalue weighted by molar-refractivity contribution is 5.94. The van der Waals surface area contributed by atoms with E-state index in [4.69, 9.17) is 4.74 Å². The summed E-state index contributed by atoms with van der Waals surface area (Å²) in [6.07, 6.45) is 7.09. The van der Waals surface area contributed by atoms with Crippen LogP contribution in [0.5, 0.6) is 0 Å². The predicted molar refractivity (Wildman–Crippen MR) is 185 cm³/mol.